The molecular weight excluding hydrogens is 132 g/mol. The third-order valence-corrected chi connectivity index (χ3v) is 1.71. The van der Waals surface area contributed by atoms with E-state index in [0.29, 0.717) is 12.3 Å². The molecular formula is C7H12O3. The van der Waals surface area contributed by atoms with Crippen molar-refractivity contribution in [1.29, 1.82) is 0 Å². The van der Waals surface area contributed by atoms with Crippen LogP contribution in [0, 0.1) is 5.92 Å². The van der Waals surface area contributed by atoms with Crippen LogP contribution in [0.15, 0.2) is 0 Å². The number of rotatable bonds is 4. The van der Waals surface area contributed by atoms with Gasteiger partial charge in [0, 0.05) is 0 Å². The van der Waals surface area contributed by atoms with Crippen LogP contribution in [0.1, 0.15) is 25.7 Å². The van der Waals surface area contributed by atoms with Gasteiger partial charge >= 0.3 is 5.97 Å². The molecule has 1 fully saturated rings. The van der Waals surface area contributed by atoms with Crippen molar-refractivity contribution in [2.24, 2.45) is 5.92 Å². The van der Waals surface area contributed by atoms with Gasteiger partial charge in [-0.2, -0.15) is 0 Å². The fourth-order valence-corrected chi connectivity index (χ4v) is 1.02. The topological polar surface area (TPSA) is 57.5 Å². The molecule has 0 aromatic heterocycles. The van der Waals surface area contributed by atoms with Gasteiger partial charge in [0.1, 0.15) is 0 Å². The monoisotopic (exact) mass is 144 g/mol. The maximum atomic E-state index is 10.1. The minimum absolute atomic E-state index is 0.101. The molecule has 0 saturated heterocycles. The molecule has 0 unspecified atom stereocenters. The first kappa shape index (κ1) is 7.54. The Labute approximate surface area is 59.7 Å². The van der Waals surface area contributed by atoms with Gasteiger partial charge in [0.15, 0.2) is 0 Å². The first-order valence-electron chi connectivity index (χ1n) is 3.58. The summed E-state index contributed by atoms with van der Waals surface area (Å²) in [5.74, 6) is -0.303. The normalized spacial score (nSPS) is 20.5. The van der Waals surface area contributed by atoms with Crippen molar-refractivity contribution in [1.82, 2.24) is 0 Å². The molecule has 3 heteroatoms. The van der Waals surface area contributed by atoms with Crippen molar-refractivity contribution >= 4 is 5.97 Å². The van der Waals surface area contributed by atoms with E-state index in [-0.39, 0.29) is 6.42 Å². The molecule has 0 aromatic rings. The minimum atomic E-state index is -0.909. The lowest BCUT2D eigenvalue weighted by Gasteiger charge is -2.04. The van der Waals surface area contributed by atoms with Crippen LogP contribution in [0.25, 0.3) is 0 Å². The van der Waals surface area contributed by atoms with E-state index in [1.165, 1.54) is 0 Å². The summed E-state index contributed by atoms with van der Waals surface area (Å²) in [5, 5.41) is 17.3. The van der Waals surface area contributed by atoms with Gasteiger partial charge in [0.05, 0.1) is 12.5 Å². The summed E-state index contributed by atoms with van der Waals surface area (Å²) in [6, 6.07) is 0. The molecule has 1 atom stereocenters. The van der Waals surface area contributed by atoms with E-state index in [0.717, 1.165) is 12.8 Å². The Morgan fingerprint density at radius 1 is 1.60 bits per heavy atom. The maximum Gasteiger partial charge on any atom is 0.305 e. The fraction of sp³-hybridized carbons (Fsp3) is 0.857. The van der Waals surface area contributed by atoms with Gasteiger partial charge < -0.3 is 10.2 Å². The molecule has 10 heavy (non-hydrogen) atoms. The van der Waals surface area contributed by atoms with Crippen LogP contribution in [0.4, 0.5) is 0 Å². The van der Waals surface area contributed by atoms with Gasteiger partial charge in [-0.15, -0.1) is 0 Å². The molecule has 3 nitrogen and oxygen atoms in total. The van der Waals surface area contributed by atoms with Crippen molar-refractivity contribution in [3.63, 3.8) is 0 Å². The molecule has 0 aromatic carbocycles. The molecule has 1 saturated carbocycles. The van der Waals surface area contributed by atoms with Crippen molar-refractivity contribution in [3.8, 4) is 0 Å². The second-order valence-electron chi connectivity index (χ2n) is 2.93. The fourth-order valence-electron chi connectivity index (χ4n) is 1.02. The van der Waals surface area contributed by atoms with Gasteiger partial charge in [0.2, 0.25) is 0 Å². The van der Waals surface area contributed by atoms with Crippen molar-refractivity contribution in [3.05, 3.63) is 0 Å². The maximum absolute atomic E-state index is 10.1. The quantitative estimate of drug-likeness (QED) is 0.608. The molecule has 0 amide bonds. The van der Waals surface area contributed by atoms with Crippen molar-refractivity contribution in [2.45, 2.75) is 31.8 Å². The lowest BCUT2D eigenvalue weighted by atomic mass is 10.1. The average Bonchev–Trinajstić information content (AvgIpc) is 2.46. The van der Waals surface area contributed by atoms with Crippen LogP contribution >= 0.6 is 0 Å². The summed E-state index contributed by atoms with van der Waals surface area (Å²) in [7, 11) is 0. The summed E-state index contributed by atoms with van der Waals surface area (Å²) in [6.45, 7) is 0. The van der Waals surface area contributed by atoms with E-state index in [9.17, 15) is 4.79 Å². The molecule has 2 N–H and O–H groups in total. The smallest absolute Gasteiger partial charge is 0.305 e. The van der Waals surface area contributed by atoms with E-state index in [1.807, 2.05) is 0 Å². The first-order chi connectivity index (χ1) is 4.68. The van der Waals surface area contributed by atoms with Crippen LogP contribution in [-0.2, 0) is 4.79 Å². The first-order valence-corrected chi connectivity index (χ1v) is 3.58. The summed E-state index contributed by atoms with van der Waals surface area (Å²) in [4.78, 5) is 10.1. The Morgan fingerprint density at radius 2 is 2.20 bits per heavy atom. The Kier molecular flexibility index (Phi) is 2.27. The van der Waals surface area contributed by atoms with Crippen LogP contribution in [0.5, 0.6) is 0 Å². The number of carboxylic acid groups (broad SMARTS) is 1. The highest BCUT2D eigenvalue weighted by Gasteiger charge is 2.25. The second kappa shape index (κ2) is 3.01. The summed E-state index contributed by atoms with van der Waals surface area (Å²) >= 11 is 0. The third kappa shape index (κ3) is 2.82. The largest absolute Gasteiger partial charge is 0.481 e. The van der Waals surface area contributed by atoms with Crippen LogP contribution < -0.4 is 0 Å². The van der Waals surface area contributed by atoms with Gasteiger partial charge in [-0.25, -0.2) is 0 Å². The molecule has 0 heterocycles. The van der Waals surface area contributed by atoms with Crippen molar-refractivity contribution < 1.29 is 15.0 Å². The van der Waals surface area contributed by atoms with Gasteiger partial charge in [0.25, 0.3) is 0 Å². The highest BCUT2D eigenvalue weighted by atomic mass is 16.4. The van der Waals surface area contributed by atoms with E-state index in [2.05, 4.69) is 0 Å². The highest BCUT2D eigenvalue weighted by molar-refractivity contribution is 5.67. The Balaban J connectivity index is 2.07. The van der Waals surface area contributed by atoms with Gasteiger partial charge in [-0.05, 0) is 12.3 Å². The minimum Gasteiger partial charge on any atom is -0.481 e. The van der Waals surface area contributed by atoms with Crippen LogP contribution in [0.3, 0.4) is 0 Å². The summed E-state index contributed by atoms with van der Waals surface area (Å²) < 4.78 is 0. The number of aliphatic hydroxyl groups is 1. The summed E-state index contributed by atoms with van der Waals surface area (Å²) in [5.41, 5.74) is 0. The summed E-state index contributed by atoms with van der Waals surface area (Å²) in [6.07, 6.45) is 2.28. The Morgan fingerprint density at radius 3 is 2.60 bits per heavy atom. The highest BCUT2D eigenvalue weighted by Crippen LogP contribution is 2.33. The zero-order valence-corrected chi connectivity index (χ0v) is 5.79. The SMILES string of the molecule is O=C(O)C[C@H](O)CC1CC1. The number of hydrogen-bond acceptors (Lipinski definition) is 2. The van der Waals surface area contributed by atoms with Gasteiger partial charge in [-0.3, -0.25) is 4.79 Å². The number of carbonyl (C=O) groups is 1. The lowest BCUT2D eigenvalue weighted by Crippen LogP contribution is -2.13. The van der Waals surface area contributed by atoms with E-state index >= 15 is 0 Å². The lowest BCUT2D eigenvalue weighted by molar-refractivity contribution is -0.139. The molecule has 0 bridgehead atoms. The van der Waals surface area contributed by atoms with Crippen LogP contribution in [0.2, 0.25) is 0 Å². The Bertz CT molecular complexity index is 129. The zero-order valence-electron chi connectivity index (χ0n) is 5.79. The molecule has 0 radical (unpaired) electrons. The molecule has 1 aliphatic carbocycles. The molecule has 0 spiro atoms. The van der Waals surface area contributed by atoms with Gasteiger partial charge in [-0.1, -0.05) is 12.8 Å². The number of aliphatic hydroxyl groups excluding tert-OH is 1. The molecule has 58 valence electrons. The van der Waals surface area contributed by atoms with Crippen LogP contribution in [-0.4, -0.2) is 22.3 Å². The molecule has 1 aliphatic rings. The third-order valence-electron chi connectivity index (χ3n) is 1.71. The van der Waals surface area contributed by atoms with E-state index in [1.54, 1.807) is 0 Å². The molecule has 1 rings (SSSR count). The predicted octanol–water partition coefficient (Wildman–Crippen LogP) is 0.622. The van der Waals surface area contributed by atoms with E-state index < -0.39 is 12.1 Å². The number of carboxylic acids is 1. The Hall–Kier alpha value is -0.570. The molecule has 0 aliphatic heterocycles. The number of aliphatic carboxylic acids is 1. The average molecular weight is 144 g/mol. The van der Waals surface area contributed by atoms with Crippen molar-refractivity contribution in [2.75, 3.05) is 0 Å². The standard InChI is InChI=1S/C7H12O3/c8-6(4-7(9)10)3-5-1-2-5/h5-6,8H,1-4H2,(H,9,10)/t6-/m1/s1. The number of hydrogen-bond donors (Lipinski definition) is 2. The second-order valence-corrected chi connectivity index (χ2v) is 2.93. The zero-order chi connectivity index (χ0) is 7.56. The van der Waals surface area contributed by atoms with E-state index in [4.69, 9.17) is 10.2 Å². The predicted molar refractivity (Wildman–Crippen MR) is 35.6 cm³/mol.